The van der Waals surface area contributed by atoms with Crippen molar-refractivity contribution in [2.45, 2.75) is 24.4 Å². The van der Waals surface area contributed by atoms with Gasteiger partial charge in [0.2, 0.25) is 10.0 Å². The van der Waals surface area contributed by atoms with Crippen LogP contribution in [0, 0.1) is 0 Å². The number of likely N-dealkylation sites (N-methyl/N-ethyl adjacent to an activating group) is 1. The van der Waals surface area contributed by atoms with Crippen molar-refractivity contribution in [3.63, 3.8) is 0 Å². The Morgan fingerprint density at radius 2 is 1.81 bits per heavy atom. The van der Waals surface area contributed by atoms with Crippen LogP contribution in [0.15, 0.2) is 53.4 Å². The van der Waals surface area contributed by atoms with Gasteiger partial charge in [-0.3, -0.25) is 4.79 Å². The van der Waals surface area contributed by atoms with E-state index in [-0.39, 0.29) is 16.8 Å². The van der Waals surface area contributed by atoms with Crippen LogP contribution in [0.1, 0.15) is 12.5 Å². The van der Waals surface area contributed by atoms with Crippen molar-refractivity contribution in [1.29, 1.82) is 0 Å². The molecule has 2 atom stereocenters. The normalized spacial score (nSPS) is 13.7. The summed E-state index contributed by atoms with van der Waals surface area (Å²) in [7, 11) is -0.196. The van der Waals surface area contributed by atoms with Crippen LogP contribution in [0.25, 0.3) is 0 Å². The van der Waals surface area contributed by atoms with Crippen molar-refractivity contribution in [3.05, 3.63) is 54.1 Å². The molecule has 7 nitrogen and oxygen atoms in total. The molecule has 0 fully saturated rings. The number of amides is 1. The van der Waals surface area contributed by atoms with Crippen LogP contribution < -0.4 is 20.1 Å². The lowest BCUT2D eigenvalue weighted by atomic mass is 10.1. The molecule has 0 saturated heterocycles. The Bertz CT molecular complexity index is 866. The fourth-order valence-electron chi connectivity index (χ4n) is 2.50. The van der Waals surface area contributed by atoms with Crippen molar-refractivity contribution in [1.82, 2.24) is 0 Å². The van der Waals surface area contributed by atoms with E-state index in [0.717, 1.165) is 16.2 Å². The zero-order chi connectivity index (χ0) is 19.3. The molecule has 1 amide bonds. The maximum absolute atomic E-state index is 12.5. The number of hydrogen-bond acceptors (Lipinski definition) is 4. The van der Waals surface area contributed by atoms with Gasteiger partial charge in [-0.15, -0.1) is 0 Å². The number of carbonyl (C=O) groups is 1. The molecular weight excluding hydrogens is 354 g/mol. The lowest BCUT2D eigenvalue weighted by molar-refractivity contribution is -0.907. The summed E-state index contributed by atoms with van der Waals surface area (Å²) in [6.07, 6.45) is 0. The number of nitrogens with one attached hydrogen (secondary N) is 2. The van der Waals surface area contributed by atoms with Gasteiger partial charge in [-0.05, 0) is 43.3 Å². The third-order valence-electron chi connectivity index (χ3n) is 4.24. The number of quaternary nitrogens is 1. The summed E-state index contributed by atoms with van der Waals surface area (Å²) in [4.78, 5) is 13.5. The Hall–Kier alpha value is -2.42. The van der Waals surface area contributed by atoms with Crippen LogP contribution in [-0.4, -0.2) is 34.5 Å². The minimum Gasteiger partial charge on any atom is -0.496 e. The van der Waals surface area contributed by atoms with Gasteiger partial charge in [-0.1, -0.05) is 12.1 Å². The molecule has 0 radical (unpaired) electrons. The Kier molecular flexibility index (Phi) is 6.36. The number of ether oxygens (including phenoxy) is 1. The largest absolute Gasteiger partial charge is 0.496 e. The smallest absolute Gasteiger partial charge is 0.282 e. The summed E-state index contributed by atoms with van der Waals surface area (Å²) in [6, 6.07) is 13.1. The first-order valence-corrected chi connectivity index (χ1v) is 9.65. The van der Waals surface area contributed by atoms with E-state index in [0.29, 0.717) is 12.2 Å². The first-order valence-electron chi connectivity index (χ1n) is 8.10. The lowest BCUT2D eigenvalue weighted by Crippen LogP contribution is -3.12. The van der Waals surface area contributed by atoms with Crippen LogP contribution in [-0.2, 0) is 21.4 Å². The summed E-state index contributed by atoms with van der Waals surface area (Å²) in [5.41, 5.74) is 1.53. The fraction of sp³-hybridized carbons (Fsp3) is 0.278. The summed E-state index contributed by atoms with van der Waals surface area (Å²) in [6.45, 7) is 2.46. The number of hydrogen-bond donors (Lipinski definition) is 3. The number of carbonyl (C=O) groups excluding carboxylic acids is 1. The standard InChI is InChI=1S/C18H23N3O4S/c1-13(21(2)12-14-6-4-5-7-17(14)25-3)18(22)20-15-8-10-16(11-9-15)26(19,23)24/h4-11,13H,12H2,1-3H3,(H,20,22)(H2,19,23,24)/p+1/t13-/m0/s1. The molecule has 26 heavy (non-hydrogen) atoms. The minimum atomic E-state index is -3.75. The number of sulfonamides is 1. The number of benzene rings is 2. The van der Waals surface area contributed by atoms with E-state index >= 15 is 0 Å². The molecule has 8 heteroatoms. The highest BCUT2D eigenvalue weighted by Crippen LogP contribution is 2.16. The van der Waals surface area contributed by atoms with Crippen LogP contribution in [0.4, 0.5) is 5.69 Å². The molecule has 0 aliphatic heterocycles. The van der Waals surface area contributed by atoms with Crippen LogP contribution >= 0.6 is 0 Å². The summed E-state index contributed by atoms with van der Waals surface area (Å²) in [5, 5.41) is 7.85. The van der Waals surface area contributed by atoms with E-state index in [1.54, 1.807) is 7.11 Å². The van der Waals surface area contributed by atoms with Gasteiger partial charge < -0.3 is 15.0 Å². The fourth-order valence-corrected chi connectivity index (χ4v) is 3.02. The molecule has 2 aromatic carbocycles. The number of rotatable bonds is 7. The first kappa shape index (κ1) is 19.9. The topological polar surface area (TPSA) is 103 Å². The Balaban J connectivity index is 2.02. The third-order valence-corrected chi connectivity index (χ3v) is 5.17. The zero-order valence-corrected chi connectivity index (χ0v) is 15.8. The van der Waals surface area contributed by atoms with Crippen LogP contribution in [0.3, 0.4) is 0 Å². The number of primary sulfonamides is 1. The molecule has 1 unspecified atom stereocenters. The van der Waals surface area contributed by atoms with Crippen molar-refractivity contribution in [2.75, 3.05) is 19.5 Å². The second-order valence-electron chi connectivity index (χ2n) is 6.12. The lowest BCUT2D eigenvalue weighted by Gasteiger charge is -2.22. The quantitative estimate of drug-likeness (QED) is 0.648. The summed E-state index contributed by atoms with van der Waals surface area (Å²) < 4.78 is 27.9. The van der Waals surface area contributed by atoms with E-state index in [2.05, 4.69) is 5.32 Å². The molecule has 140 valence electrons. The highest BCUT2D eigenvalue weighted by molar-refractivity contribution is 7.89. The molecule has 0 aliphatic carbocycles. The van der Waals surface area contributed by atoms with Gasteiger partial charge >= 0.3 is 0 Å². The van der Waals surface area contributed by atoms with Gasteiger partial charge in [-0.2, -0.15) is 0 Å². The van der Waals surface area contributed by atoms with Crippen molar-refractivity contribution < 1.29 is 22.8 Å². The molecule has 4 N–H and O–H groups in total. The van der Waals surface area contributed by atoms with Gasteiger partial charge in [0.25, 0.3) is 5.91 Å². The Morgan fingerprint density at radius 3 is 2.38 bits per heavy atom. The third kappa shape index (κ3) is 5.04. The number of methoxy groups -OCH3 is 1. The average molecular weight is 378 g/mol. The molecule has 2 aromatic rings. The Morgan fingerprint density at radius 1 is 1.19 bits per heavy atom. The second kappa shape index (κ2) is 8.31. The highest BCUT2D eigenvalue weighted by Gasteiger charge is 2.23. The molecule has 0 saturated carbocycles. The minimum absolute atomic E-state index is 0.00228. The van der Waals surface area contributed by atoms with Crippen molar-refractivity contribution in [3.8, 4) is 5.75 Å². The summed E-state index contributed by atoms with van der Waals surface area (Å²) >= 11 is 0. The van der Waals surface area contributed by atoms with Gasteiger partial charge in [0.05, 0.1) is 19.1 Å². The number of nitrogens with two attached hydrogens (primary N) is 1. The van der Waals surface area contributed by atoms with Gasteiger partial charge in [0.1, 0.15) is 12.3 Å². The van der Waals surface area contributed by atoms with E-state index in [9.17, 15) is 13.2 Å². The van der Waals surface area contributed by atoms with E-state index < -0.39 is 10.0 Å². The number of anilines is 1. The molecule has 0 heterocycles. The van der Waals surface area contributed by atoms with Crippen molar-refractivity contribution >= 4 is 21.6 Å². The maximum atomic E-state index is 12.5. The predicted molar refractivity (Wildman–Crippen MR) is 99.5 cm³/mol. The average Bonchev–Trinajstić information content (AvgIpc) is 2.61. The molecule has 0 spiro atoms. The van der Waals surface area contributed by atoms with Gasteiger partial charge in [-0.25, -0.2) is 13.6 Å². The highest BCUT2D eigenvalue weighted by atomic mass is 32.2. The zero-order valence-electron chi connectivity index (χ0n) is 15.0. The van der Waals surface area contributed by atoms with E-state index in [1.165, 1.54) is 24.3 Å². The molecular formula is C18H24N3O4S+. The SMILES string of the molecule is COc1ccccc1C[NH+](C)[C@@H](C)C(=O)Nc1ccc(S(N)(=O)=O)cc1. The molecule has 0 bridgehead atoms. The van der Waals surface area contributed by atoms with Crippen LogP contribution in [0.2, 0.25) is 0 Å². The van der Waals surface area contributed by atoms with E-state index in [1.807, 2.05) is 38.2 Å². The maximum Gasteiger partial charge on any atom is 0.282 e. The first-order chi connectivity index (χ1) is 12.2. The monoisotopic (exact) mass is 378 g/mol. The number of para-hydroxylation sites is 1. The van der Waals surface area contributed by atoms with Gasteiger partial charge in [0, 0.05) is 11.3 Å². The van der Waals surface area contributed by atoms with E-state index in [4.69, 9.17) is 9.88 Å². The van der Waals surface area contributed by atoms with Crippen molar-refractivity contribution in [2.24, 2.45) is 5.14 Å². The predicted octanol–water partition coefficient (Wildman–Crippen LogP) is 0.385. The Labute approximate surface area is 153 Å². The van der Waals surface area contributed by atoms with Gasteiger partial charge in [0.15, 0.2) is 6.04 Å². The molecule has 0 aliphatic rings. The second-order valence-corrected chi connectivity index (χ2v) is 7.68. The summed E-state index contributed by atoms with van der Waals surface area (Å²) in [5.74, 6) is 0.624. The molecule has 0 aromatic heterocycles. The molecule has 2 rings (SSSR count). The van der Waals surface area contributed by atoms with Crippen LogP contribution in [0.5, 0.6) is 5.75 Å².